The highest BCUT2D eigenvalue weighted by molar-refractivity contribution is 7.00. The molecule has 2 aromatic heterocycles. The lowest BCUT2D eigenvalue weighted by Gasteiger charge is -2.13. The fourth-order valence-corrected chi connectivity index (χ4v) is 5.49. The minimum atomic E-state index is -1.16. The quantitative estimate of drug-likeness (QED) is 0.205. The Labute approximate surface area is 238 Å². The molecular weight excluding hydrogens is 545 g/mol. The van der Waals surface area contributed by atoms with Gasteiger partial charge < -0.3 is 23.9 Å². The van der Waals surface area contributed by atoms with Crippen LogP contribution in [0.2, 0.25) is 0 Å². The Hall–Kier alpha value is -4.96. The van der Waals surface area contributed by atoms with Crippen LogP contribution in [0, 0.1) is 5.82 Å². The number of carboxylic acids is 1. The lowest BCUT2D eigenvalue weighted by atomic mass is 10.0. The largest absolute Gasteiger partial charge is 0.494 e. The van der Waals surface area contributed by atoms with E-state index < -0.39 is 11.8 Å². The number of methoxy groups -OCH3 is 2. The van der Waals surface area contributed by atoms with Gasteiger partial charge in [0.25, 0.3) is 0 Å². The first-order valence-electron chi connectivity index (χ1n) is 12.7. The minimum absolute atomic E-state index is 0.00308. The molecule has 0 aliphatic heterocycles. The average Bonchev–Trinajstić information content (AvgIpc) is 3.58. The summed E-state index contributed by atoms with van der Waals surface area (Å²) < 4.78 is 42.1. The van der Waals surface area contributed by atoms with Crippen LogP contribution in [-0.4, -0.2) is 38.6 Å². The smallest absolute Gasteiger partial charge is 0.353 e. The van der Waals surface area contributed by atoms with Crippen LogP contribution in [0.5, 0.6) is 17.2 Å². The van der Waals surface area contributed by atoms with E-state index in [2.05, 4.69) is 8.75 Å². The third-order valence-corrected chi connectivity index (χ3v) is 7.44. The number of aromatic carboxylic acids is 1. The zero-order valence-electron chi connectivity index (χ0n) is 22.1. The van der Waals surface area contributed by atoms with Crippen molar-refractivity contribution in [1.29, 1.82) is 0 Å². The molecule has 0 spiro atoms. The number of carbonyl (C=O) groups is 1. The topological polar surface area (TPSA) is 95.7 Å². The maximum Gasteiger partial charge on any atom is 0.353 e. The van der Waals surface area contributed by atoms with Crippen molar-refractivity contribution in [1.82, 2.24) is 13.3 Å². The summed E-state index contributed by atoms with van der Waals surface area (Å²) in [6.45, 7) is 0.508. The second kappa shape index (κ2) is 10.9. The molecule has 0 unspecified atom stereocenters. The van der Waals surface area contributed by atoms with E-state index in [1.807, 2.05) is 48.5 Å². The van der Waals surface area contributed by atoms with Gasteiger partial charge in [0, 0.05) is 23.6 Å². The molecule has 0 fully saturated rings. The SMILES string of the molecule is COc1ccc(-c2c(C(=O)O)n(Cc3ccc4nsnc4c3)c3cc(OCc4ccccc4)c(OC)cc23)cc1F. The monoisotopic (exact) mass is 569 g/mol. The molecule has 6 aromatic rings. The molecule has 2 heterocycles. The van der Waals surface area contributed by atoms with Crippen LogP contribution in [-0.2, 0) is 13.2 Å². The van der Waals surface area contributed by atoms with Crippen molar-refractivity contribution in [3.05, 3.63) is 102 Å². The number of rotatable bonds is 9. The number of hydrogen-bond donors (Lipinski definition) is 1. The lowest BCUT2D eigenvalue weighted by molar-refractivity contribution is 0.0687. The Morgan fingerprint density at radius 3 is 2.39 bits per heavy atom. The molecule has 0 bridgehead atoms. The molecule has 1 N–H and O–H groups in total. The molecule has 0 aliphatic carbocycles. The minimum Gasteiger partial charge on any atom is -0.494 e. The van der Waals surface area contributed by atoms with Gasteiger partial charge in [-0.05, 0) is 47.0 Å². The summed E-state index contributed by atoms with van der Waals surface area (Å²) >= 11 is 1.12. The van der Waals surface area contributed by atoms with Gasteiger partial charge in [-0.15, -0.1) is 0 Å². The van der Waals surface area contributed by atoms with Crippen molar-refractivity contribution in [2.24, 2.45) is 0 Å². The Morgan fingerprint density at radius 1 is 0.878 bits per heavy atom. The molecule has 0 aliphatic rings. The Morgan fingerprint density at radius 2 is 1.66 bits per heavy atom. The Balaban J connectivity index is 1.57. The van der Waals surface area contributed by atoms with Crippen LogP contribution < -0.4 is 14.2 Å². The lowest BCUT2D eigenvalue weighted by Crippen LogP contribution is -2.11. The summed E-state index contributed by atoms with van der Waals surface area (Å²) in [4.78, 5) is 12.9. The van der Waals surface area contributed by atoms with Crippen LogP contribution in [0.4, 0.5) is 4.39 Å². The number of hydrogen-bond acceptors (Lipinski definition) is 7. The summed E-state index contributed by atoms with van der Waals surface area (Å²) in [6, 6.07) is 23.3. The predicted molar refractivity (Wildman–Crippen MR) is 155 cm³/mol. The van der Waals surface area contributed by atoms with Gasteiger partial charge in [-0.1, -0.05) is 42.5 Å². The van der Waals surface area contributed by atoms with Crippen molar-refractivity contribution in [2.75, 3.05) is 14.2 Å². The van der Waals surface area contributed by atoms with Crippen LogP contribution >= 0.6 is 11.7 Å². The van der Waals surface area contributed by atoms with Crippen LogP contribution in [0.3, 0.4) is 0 Å². The van der Waals surface area contributed by atoms with E-state index in [0.717, 1.165) is 33.9 Å². The van der Waals surface area contributed by atoms with Gasteiger partial charge in [0.2, 0.25) is 0 Å². The summed E-state index contributed by atoms with van der Waals surface area (Å²) in [5.74, 6) is -0.819. The summed E-state index contributed by atoms with van der Waals surface area (Å²) in [5.41, 5.74) is 4.65. The maximum atomic E-state index is 14.9. The predicted octanol–water partition coefficient (Wildman–Crippen LogP) is 6.79. The number of fused-ring (bicyclic) bond motifs is 2. The highest BCUT2D eigenvalue weighted by Crippen LogP contribution is 2.42. The van der Waals surface area contributed by atoms with Crippen molar-refractivity contribution >= 4 is 39.6 Å². The van der Waals surface area contributed by atoms with Crippen molar-refractivity contribution in [3.63, 3.8) is 0 Å². The van der Waals surface area contributed by atoms with Crippen molar-refractivity contribution in [3.8, 4) is 28.4 Å². The molecular formula is C31H24FN3O5S. The average molecular weight is 570 g/mol. The summed E-state index contributed by atoms with van der Waals surface area (Å²) in [5, 5.41) is 11.1. The molecule has 0 radical (unpaired) electrons. The van der Waals surface area contributed by atoms with Gasteiger partial charge in [0.05, 0.1) is 31.5 Å². The van der Waals surface area contributed by atoms with E-state index in [0.29, 0.717) is 40.1 Å². The fraction of sp³-hybridized carbons (Fsp3) is 0.129. The first-order chi connectivity index (χ1) is 20.0. The number of benzene rings is 4. The number of carboxylic acid groups (broad SMARTS) is 1. The molecule has 0 atom stereocenters. The van der Waals surface area contributed by atoms with Crippen molar-refractivity contribution in [2.45, 2.75) is 13.2 Å². The number of ether oxygens (including phenoxy) is 3. The Kier molecular flexibility index (Phi) is 6.98. The normalized spacial score (nSPS) is 11.2. The summed E-state index contributed by atoms with van der Waals surface area (Å²) in [7, 11) is 2.90. The van der Waals surface area contributed by atoms with E-state index in [4.69, 9.17) is 14.2 Å². The first-order valence-corrected chi connectivity index (χ1v) is 13.4. The van der Waals surface area contributed by atoms with Gasteiger partial charge in [-0.2, -0.15) is 8.75 Å². The Bertz CT molecular complexity index is 1900. The van der Waals surface area contributed by atoms with Crippen molar-refractivity contribution < 1.29 is 28.5 Å². The van der Waals surface area contributed by atoms with E-state index in [1.54, 1.807) is 22.8 Å². The molecule has 4 aromatic carbocycles. The van der Waals surface area contributed by atoms with Crippen LogP contribution in [0.1, 0.15) is 21.6 Å². The van der Waals surface area contributed by atoms with Crippen LogP contribution in [0.25, 0.3) is 33.1 Å². The van der Waals surface area contributed by atoms with Gasteiger partial charge in [0.15, 0.2) is 23.1 Å². The van der Waals surface area contributed by atoms with Crippen LogP contribution in [0.15, 0.2) is 78.9 Å². The van der Waals surface area contributed by atoms with Gasteiger partial charge >= 0.3 is 5.97 Å². The third kappa shape index (κ3) is 4.93. The summed E-state index contributed by atoms with van der Waals surface area (Å²) in [6.07, 6.45) is 0. The van der Waals surface area contributed by atoms with E-state index in [1.165, 1.54) is 26.4 Å². The second-order valence-electron chi connectivity index (χ2n) is 9.35. The third-order valence-electron chi connectivity index (χ3n) is 6.89. The first kappa shape index (κ1) is 26.3. The van der Waals surface area contributed by atoms with E-state index in [-0.39, 0.29) is 18.0 Å². The van der Waals surface area contributed by atoms with Gasteiger partial charge in [-0.25, -0.2) is 9.18 Å². The number of aromatic nitrogens is 3. The maximum absolute atomic E-state index is 14.9. The molecule has 10 heteroatoms. The zero-order chi connectivity index (χ0) is 28.5. The van der Waals surface area contributed by atoms with Gasteiger partial charge in [-0.3, -0.25) is 0 Å². The highest BCUT2D eigenvalue weighted by atomic mass is 32.1. The second-order valence-corrected chi connectivity index (χ2v) is 9.87. The molecule has 206 valence electrons. The molecule has 0 amide bonds. The highest BCUT2D eigenvalue weighted by Gasteiger charge is 2.26. The van der Waals surface area contributed by atoms with E-state index in [9.17, 15) is 14.3 Å². The number of nitrogens with zero attached hydrogens (tertiary/aromatic N) is 3. The fourth-order valence-electron chi connectivity index (χ4n) is 4.97. The molecule has 0 saturated heterocycles. The number of halogens is 1. The van der Waals surface area contributed by atoms with E-state index >= 15 is 0 Å². The molecule has 0 saturated carbocycles. The molecule has 6 rings (SSSR count). The standard InChI is InChI=1S/C31H24FN3O5S/c1-38-26-11-9-20(13-22(26)32)29-21-14-27(39-2)28(40-17-18-6-4-3-5-7-18)15-25(21)35(30(29)31(36)37)16-19-8-10-23-24(12-19)34-41-33-23/h3-15H,16-17H2,1-2H3,(H,36,37). The zero-order valence-corrected chi connectivity index (χ0v) is 22.9. The molecule has 8 nitrogen and oxygen atoms in total. The van der Waals surface area contributed by atoms with Gasteiger partial charge in [0.1, 0.15) is 23.3 Å². The molecule has 41 heavy (non-hydrogen) atoms.